The minimum atomic E-state index is -1.08. The van der Waals surface area contributed by atoms with Crippen molar-refractivity contribution in [3.63, 3.8) is 0 Å². The first kappa shape index (κ1) is 36.8. The molecular formula is C39H52F2N8O. The van der Waals surface area contributed by atoms with Crippen molar-refractivity contribution in [2.45, 2.75) is 64.5 Å². The van der Waals surface area contributed by atoms with Gasteiger partial charge in [-0.15, -0.1) is 0 Å². The first-order valence-electron chi connectivity index (χ1n) is 17.7. The van der Waals surface area contributed by atoms with Crippen molar-refractivity contribution in [3.05, 3.63) is 102 Å². The van der Waals surface area contributed by atoms with Crippen molar-refractivity contribution in [2.24, 2.45) is 16.9 Å². The largest absolute Gasteiger partial charge is 0.368 e. The highest BCUT2D eigenvalue weighted by Gasteiger charge is 2.45. The number of allylic oxidation sites excluding steroid dienone is 3. The summed E-state index contributed by atoms with van der Waals surface area (Å²) >= 11 is 0. The Hall–Kier alpha value is -4.48. The van der Waals surface area contributed by atoms with E-state index >= 15 is 4.39 Å². The molecule has 0 amide bonds. The van der Waals surface area contributed by atoms with Crippen LogP contribution in [0.1, 0.15) is 52.0 Å². The molecule has 3 heterocycles. The van der Waals surface area contributed by atoms with Gasteiger partial charge < -0.3 is 14.5 Å². The Morgan fingerprint density at radius 2 is 1.66 bits per heavy atom. The Bertz CT molecular complexity index is 1560. The third-order valence-corrected chi connectivity index (χ3v) is 10.2. The average molecular weight is 687 g/mol. The number of ether oxygens (including phenoxy) is 1. The highest BCUT2D eigenvalue weighted by molar-refractivity contribution is 5.85. The zero-order valence-corrected chi connectivity index (χ0v) is 29.6. The topological polar surface area (TPSA) is 87.7 Å². The van der Waals surface area contributed by atoms with Crippen LogP contribution in [0.4, 0.5) is 25.8 Å². The molecule has 0 aromatic heterocycles. The zero-order valence-electron chi connectivity index (χ0n) is 29.6. The van der Waals surface area contributed by atoms with Crippen LogP contribution in [0.5, 0.6) is 0 Å². The summed E-state index contributed by atoms with van der Waals surface area (Å²) in [6.07, 6.45) is 11.4. The van der Waals surface area contributed by atoms with Crippen LogP contribution >= 0.6 is 0 Å². The average Bonchev–Trinajstić information content (AvgIpc) is 3.75. The molecule has 0 radical (unpaired) electrons. The number of nitrogens with zero attached hydrogens (tertiary/aromatic N) is 6. The fourth-order valence-corrected chi connectivity index (χ4v) is 7.31. The molecule has 268 valence electrons. The van der Waals surface area contributed by atoms with Gasteiger partial charge in [-0.3, -0.25) is 15.3 Å². The molecule has 2 unspecified atom stereocenters. The van der Waals surface area contributed by atoms with E-state index in [2.05, 4.69) is 88.8 Å². The summed E-state index contributed by atoms with van der Waals surface area (Å²) in [7, 11) is 0. The molecule has 2 aromatic carbocycles. The van der Waals surface area contributed by atoms with Gasteiger partial charge in [-0.05, 0) is 93.0 Å². The molecule has 3 N–H and O–H groups in total. The van der Waals surface area contributed by atoms with E-state index in [0.29, 0.717) is 25.4 Å². The van der Waals surface area contributed by atoms with Gasteiger partial charge in [0.15, 0.2) is 0 Å². The van der Waals surface area contributed by atoms with Gasteiger partial charge in [0.05, 0.1) is 31.9 Å². The number of aryl methyl sites for hydroxylation is 1. The van der Waals surface area contributed by atoms with Crippen molar-refractivity contribution in [1.29, 1.82) is 5.41 Å². The molecule has 11 heteroatoms. The highest BCUT2D eigenvalue weighted by atomic mass is 19.1. The molecular weight excluding hydrogens is 634 g/mol. The minimum Gasteiger partial charge on any atom is -0.368 e. The Balaban J connectivity index is 1.13. The number of hydrogen-bond acceptors (Lipinski definition) is 8. The van der Waals surface area contributed by atoms with Gasteiger partial charge in [-0.2, -0.15) is 5.10 Å². The molecule has 3 aliphatic heterocycles. The van der Waals surface area contributed by atoms with Gasteiger partial charge in [-0.25, -0.2) is 19.6 Å². The van der Waals surface area contributed by atoms with Crippen molar-refractivity contribution >= 4 is 29.7 Å². The predicted octanol–water partition coefficient (Wildman–Crippen LogP) is 7.51. The van der Waals surface area contributed by atoms with Crippen molar-refractivity contribution < 1.29 is 13.5 Å². The normalized spacial score (nSPS) is 21.7. The molecule has 0 aliphatic carbocycles. The monoisotopic (exact) mass is 686 g/mol. The minimum absolute atomic E-state index is 0.0923. The summed E-state index contributed by atoms with van der Waals surface area (Å²) in [4.78, 5) is 6.92. The second-order valence-electron chi connectivity index (χ2n) is 13.2. The number of benzene rings is 2. The van der Waals surface area contributed by atoms with Crippen LogP contribution in [0.2, 0.25) is 0 Å². The third-order valence-electron chi connectivity index (χ3n) is 10.2. The maximum absolute atomic E-state index is 15.0. The van der Waals surface area contributed by atoms with E-state index in [0.717, 1.165) is 75.8 Å². The number of hydrazine groups is 1. The number of rotatable bonds is 15. The number of hydrogen-bond donors (Lipinski definition) is 2. The van der Waals surface area contributed by atoms with Crippen LogP contribution in [-0.4, -0.2) is 73.7 Å². The Labute approximate surface area is 296 Å². The Morgan fingerprint density at radius 1 is 1.06 bits per heavy atom. The first-order chi connectivity index (χ1) is 24.2. The van der Waals surface area contributed by atoms with E-state index in [9.17, 15) is 4.39 Å². The van der Waals surface area contributed by atoms with E-state index in [1.165, 1.54) is 34.1 Å². The fraction of sp³-hybridized carbons (Fsp3) is 0.436. The van der Waals surface area contributed by atoms with E-state index < -0.39 is 11.4 Å². The lowest BCUT2D eigenvalue weighted by molar-refractivity contribution is 0.0179. The van der Waals surface area contributed by atoms with Crippen LogP contribution < -0.4 is 20.5 Å². The summed E-state index contributed by atoms with van der Waals surface area (Å²) < 4.78 is 34.1. The molecule has 5 rings (SSSR count). The second-order valence-corrected chi connectivity index (χ2v) is 13.2. The number of halogens is 2. The lowest BCUT2D eigenvalue weighted by Gasteiger charge is -2.37. The third kappa shape index (κ3) is 8.27. The van der Waals surface area contributed by atoms with Crippen LogP contribution in [-0.2, 0) is 11.2 Å². The number of anilines is 3. The van der Waals surface area contributed by atoms with Gasteiger partial charge in [0.25, 0.3) is 0 Å². The SMILES string of the molecule is C=C1N(c2ccc(N3CCN(c4ccc(CCC5COC(CN(N)C=N)(C(=C/C=C/F)/C(F)=C\C)C5)cc4)CC3)cc2)C=NN1C(CC)CC. The van der Waals surface area contributed by atoms with Gasteiger partial charge in [0.1, 0.15) is 23.6 Å². The number of nitrogens with one attached hydrogen (secondary N) is 1. The maximum atomic E-state index is 15.0. The van der Waals surface area contributed by atoms with Gasteiger partial charge in [-0.1, -0.05) is 44.7 Å². The van der Waals surface area contributed by atoms with Crippen LogP contribution in [0.15, 0.2) is 102 Å². The van der Waals surface area contributed by atoms with Crippen molar-refractivity contribution in [1.82, 2.24) is 10.0 Å². The summed E-state index contributed by atoms with van der Waals surface area (Å²) in [6, 6.07) is 17.8. The molecule has 0 spiro atoms. The molecule has 2 saturated heterocycles. The van der Waals surface area contributed by atoms with Crippen molar-refractivity contribution in [3.8, 4) is 0 Å². The van der Waals surface area contributed by atoms with Gasteiger partial charge >= 0.3 is 0 Å². The fourth-order valence-electron chi connectivity index (χ4n) is 7.31. The molecule has 50 heavy (non-hydrogen) atoms. The predicted molar refractivity (Wildman–Crippen MR) is 202 cm³/mol. The summed E-state index contributed by atoms with van der Waals surface area (Å²) in [5.74, 6) is 6.52. The summed E-state index contributed by atoms with van der Waals surface area (Å²) in [6.45, 7) is 14.5. The van der Waals surface area contributed by atoms with E-state index in [1.807, 2.05) is 11.3 Å². The molecule has 9 nitrogen and oxygen atoms in total. The molecule has 3 aliphatic rings. The van der Waals surface area contributed by atoms with E-state index in [1.54, 1.807) is 6.92 Å². The number of piperazine rings is 1. The molecule has 2 fully saturated rings. The number of nitrogens with two attached hydrogens (primary N) is 1. The lowest BCUT2D eigenvalue weighted by atomic mass is 9.83. The van der Waals surface area contributed by atoms with Crippen LogP contribution in [0, 0.1) is 11.3 Å². The highest BCUT2D eigenvalue weighted by Crippen LogP contribution is 2.42. The van der Waals surface area contributed by atoms with E-state index in [-0.39, 0.29) is 18.0 Å². The Morgan fingerprint density at radius 3 is 2.22 bits per heavy atom. The van der Waals surface area contributed by atoms with Gasteiger partial charge in [0, 0.05) is 48.8 Å². The summed E-state index contributed by atoms with van der Waals surface area (Å²) in [5, 5.41) is 15.4. The number of hydrazone groups is 1. The lowest BCUT2D eigenvalue weighted by Crippen LogP contribution is -2.47. The molecule has 2 aromatic rings. The zero-order chi connectivity index (χ0) is 35.7. The van der Waals surface area contributed by atoms with E-state index in [4.69, 9.17) is 16.0 Å². The standard InChI is InChI=1S/C39H52F2N8O/c1-5-33(6-2)49-30(4)48(29-44-49)36-18-16-35(17-19-36)46-23-21-45(22-24-46)34-14-12-31(13-15-34)10-11-32-25-39(50-26-32,27-47(43)28-42)37(9-8-20-40)38(41)7-3/h7-9,12-20,28-29,32-33,42H,4-6,10-11,21-27,43H2,1-3H3/b20-8+,37-9+,38-7+,42-28?. The second kappa shape index (κ2) is 17.0. The van der Waals surface area contributed by atoms with Gasteiger partial charge in [0.2, 0.25) is 0 Å². The summed E-state index contributed by atoms with van der Waals surface area (Å²) in [5.41, 5.74) is 3.89. The molecule has 2 atom stereocenters. The maximum Gasteiger partial charge on any atom is 0.128 e. The van der Waals surface area contributed by atoms with Crippen LogP contribution in [0.3, 0.4) is 0 Å². The smallest absolute Gasteiger partial charge is 0.128 e. The molecule has 0 bridgehead atoms. The van der Waals surface area contributed by atoms with Crippen LogP contribution in [0.25, 0.3) is 0 Å². The first-order valence-corrected chi connectivity index (χ1v) is 17.7. The quantitative estimate of drug-likeness (QED) is 0.0660. The van der Waals surface area contributed by atoms with Crippen molar-refractivity contribution in [2.75, 3.05) is 54.0 Å². The Kier molecular flexibility index (Phi) is 12.5. The molecule has 0 saturated carbocycles.